The fraction of sp³-hybridized carbons (Fsp3) is 0.769. The van der Waals surface area contributed by atoms with Crippen LogP contribution >= 0.6 is 0 Å². The second kappa shape index (κ2) is 6.04. The summed E-state index contributed by atoms with van der Waals surface area (Å²) in [6.07, 6.45) is 4.94. The molecule has 1 fully saturated rings. The number of methoxy groups -OCH3 is 1. The number of nitrogens with zero attached hydrogens (tertiary/aromatic N) is 4. The van der Waals surface area contributed by atoms with E-state index in [1.165, 1.54) is 25.7 Å². The van der Waals surface area contributed by atoms with Crippen molar-refractivity contribution in [2.45, 2.75) is 45.6 Å². The molecule has 1 heterocycles. The highest BCUT2D eigenvalue weighted by Gasteiger charge is 2.26. The summed E-state index contributed by atoms with van der Waals surface area (Å²) in [5.41, 5.74) is 5.73. The highest BCUT2D eigenvalue weighted by molar-refractivity contribution is 5.37. The third-order valence-electron chi connectivity index (χ3n) is 3.39. The summed E-state index contributed by atoms with van der Waals surface area (Å²) >= 11 is 0. The van der Waals surface area contributed by atoms with Crippen LogP contribution in [0, 0.1) is 5.92 Å². The Morgan fingerprint density at radius 3 is 2.53 bits per heavy atom. The largest absolute Gasteiger partial charge is 0.467 e. The minimum absolute atomic E-state index is 0.216. The number of aromatic nitrogens is 3. The van der Waals surface area contributed by atoms with Gasteiger partial charge in [0.15, 0.2) is 0 Å². The molecule has 6 heteroatoms. The standard InChI is InChI=1S/C13H23N5O/c1-9(2)8-18(10-6-4-5-7-10)12-15-11(14)16-13(17-12)19-3/h9-10H,4-8H2,1-3H3,(H2,14,15,16,17). The summed E-state index contributed by atoms with van der Waals surface area (Å²) < 4.78 is 5.08. The lowest BCUT2D eigenvalue weighted by atomic mass is 10.1. The van der Waals surface area contributed by atoms with E-state index in [-0.39, 0.29) is 12.0 Å². The second-order valence-corrected chi connectivity index (χ2v) is 5.46. The number of nitrogens with two attached hydrogens (primary N) is 1. The van der Waals surface area contributed by atoms with Crippen molar-refractivity contribution in [2.75, 3.05) is 24.3 Å². The maximum Gasteiger partial charge on any atom is 0.322 e. The van der Waals surface area contributed by atoms with E-state index in [4.69, 9.17) is 10.5 Å². The summed E-state index contributed by atoms with van der Waals surface area (Å²) in [4.78, 5) is 14.8. The maximum absolute atomic E-state index is 5.73. The Balaban J connectivity index is 2.28. The van der Waals surface area contributed by atoms with Crippen LogP contribution in [-0.2, 0) is 0 Å². The molecule has 0 saturated heterocycles. The number of ether oxygens (including phenoxy) is 1. The van der Waals surface area contributed by atoms with Crippen molar-refractivity contribution in [3.05, 3.63) is 0 Å². The normalized spacial score (nSPS) is 16.0. The van der Waals surface area contributed by atoms with Crippen LogP contribution in [0.25, 0.3) is 0 Å². The van der Waals surface area contributed by atoms with Gasteiger partial charge in [-0.05, 0) is 18.8 Å². The number of anilines is 2. The van der Waals surface area contributed by atoms with E-state index in [2.05, 4.69) is 33.7 Å². The van der Waals surface area contributed by atoms with Gasteiger partial charge in [-0.15, -0.1) is 0 Å². The van der Waals surface area contributed by atoms with Crippen molar-refractivity contribution in [2.24, 2.45) is 5.92 Å². The zero-order chi connectivity index (χ0) is 13.8. The quantitative estimate of drug-likeness (QED) is 0.875. The first kappa shape index (κ1) is 13.8. The molecular weight excluding hydrogens is 242 g/mol. The molecule has 106 valence electrons. The molecule has 1 aromatic rings. The minimum Gasteiger partial charge on any atom is -0.467 e. The Labute approximate surface area is 114 Å². The van der Waals surface area contributed by atoms with Crippen molar-refractivity contribution in [1.29, 1.82) is 0 Å². The predicted molar refractivity (Wildman–Crippen MR) is 75.2 cm³/mol. The van der Waals surface area contributed by atoms with Crippen LogP contribution in [0.3, 0.4) is 0 Å². The summed E-state index contributed by atoms with van der Waals surface area (Å²) in [6, 6.07) is 0.795. The van der Waals surface area contributed by atoms with E-state index >= 15 is 0 Å². The highest BCUT2D eigenvalue weighted by atomic mass is 16.5. The average molecular weight is 265 g/mol. The molecule has 1 saturated carbocycles. The molecule has 0 unspecified atom stereocenters. The van der Waals surface area contributed by atoms with Gasteiger partial charge in [-0.25, -0.2) is 0 Å². The van der Waals surface area contributed by atoms with E-state index in [1.807, 2.05) is 0 Å². The molecule has 0 aliphatic heterocycles. The molecular formula is C13H23N5O. The van der Waals surface area contributed by atoms with Crippen LogP contribution in [-0.4, -0.2) is 34.6 Å². The molecule has 2 rings (SSSR count). The van der Waals surface area contributed by atoms with Crippen molar-refractivity contribution in [3.63, 3.8) is 0 Å². The predicted octanol–water partition coefficient (Wildman–Crippen LogP) is 1.87. The van der Waals surface area contributed by atoms with Gasteiger partial charge >= 0.3 is 6.01 Å². The van der Waals surface area contributed by atoms with E-state index in [0.717, 1.165) is 6.54 Å². The SMILES string of the molecule is COc1nc(N)nc(N(CC(C)C)C2CCCC2)n1. The van der Waals surface area contributed by atoms with Crippen LogP contribution in [0.4, 0.5) is 11.9 Å². The van der Waals surface area contributed by atoms with Gasteiger partial charge in [0.1, 0.15) is 0 Å². The number of hydrogen-bond acceptors (Lipinski definition) is 6. The second-order valence-electron chi connectivity index (χ2n) is 5.46. The van der Waals surface area contributed by atoms with Crippen LogP contribution in [0.15, 0.2) is 0 Å². The Morgan fingerprint density at radius 2 is 1.95 bits per heavy atom. The van der Waals surface area contributed by atoms with E-state index in [0.29, 0.717) is 17.9 Å². The Bertz CT molecular complexity index is 417. The third kappa shape index (κ3) is 3.45. The summed E-state index contributed by atoms with van der Waals surface area (Å²) in [5.74, 6) is 1.41. The Morgan fingerprint density at radius 1 is 1.26 bits per heavy atom. The monoisotopic (exact) mass is 265 g/mol. The van der Waals surface area contributed by atoms with Gasteiger partial charge in [0, 0.05) is 12.6 Å². The van der Waals surface area contributed by atoms with Crippen LogP contribution in [0.5, 0.6) is 6.01 Å². The molecule has 0 spiro atoms. The van der Waals surface area contributed by atoms with Crippen molar-refractivity contribution in [3.8, 4) is 6.01 Å². The van der Waals surface area contributed by atoms with E-state index < -0.39 is 0 Å². The molecule has 6 nitrogen and oxygen atoms in total. The first-order valence-electron chi connectivity index (χ1n) is 6.92. The van der Waals surface area contributed by atoms with Crippen LogP contribution in [0.2, 0.25) is 0 Å². The summed E-state index contributed by atoms with van der Waals surface area (Å²) in [6.45, 7) is 5.32. The average Bonchev–Trinajstić information content (AvgIpc) is 2.88. The van der Waals surface area contributed by atoms with Gasteiger partial charge in [-0.1, -0.05) is 26.7 Å². The van der Waals surface area contributed by atoms with Gasteiger partial charge in [-0.3, -0.25) is 0 Å². The molecule has 19 heavy (non-hydrogen) atoms. The van der Waals surface area contributed by atoms with Gasteiger partial charge in [-0.2, -0.15) is 15.0 Å². The first-order valence-corrected chi connectivity index (χ1v) is 6.92. The Kier molecular flexibility index (Phi) is 4.39. The summed E-state index contributed by atoms with van der Waals surface area (Å²) in [7, 11) is 1.54. The molecule has 0 atom stereocenters. The van der Waals surface area contributed by atoms with E-state index in [1.54, 1.807) is 7.11 Å². The van der Waals surface area contributed by atoms with E-state index in [9.17, 15) is 0 Å². The van der Waals surface area contributed by atoms with Gasteiger partial charge in [0.25, 0.3) is 0 Å². The number of nitrogen functional groups attached to an aromatic ring is 1. The molecule has 0 amide bonds. The van der Waals surface area contributed by atoms with Gasteiger partial charge in [0.2, 0.25) is 11.9 Å². The fourth-order valence-corrected chi connectivity index (χ4v) is 2.58. The lowest BCUT2D eigenvalue weighted by molar-refractivity contribution is 0.377. The molecule has 1 aliphatic rings. The van der Waals surface area contributed by atoms with Crippen molar-refractivity contribution >= 4 is 11.9 Å². The fourth-order valence-electron chi connectivity index (χ4n) is 2.58. The number of rotatable bonds is 5. The smallest absolute Gasteiger partial charge is 0.322 e. The molecule has 1 aliphatic carbocycles. The van der Waals surface area contributed by atoms with Gasteiger partial charge in [0.05, 0.1) is 7.11 Å². The van der Waals surface area contributed by atoms with Crippen molar-refractivity contribution in [1.82, 2.24) is 15.0 Å². The first-order chi connectivity index (χ1) is 9.10. The molecule has 0 aromatic carbocycles. The lowest BCUT2D eigenvalue weighted by Gasteiger charge is -2.30. The molecule has 2 N–H and O–H groups in total. The Hall–Kier alpha value is -1.59. The lowest BCUT2D eigenvalue weighted by Crippen LogP contribution is -2.37. The third-order valence-corrected chi connectivity index (χ3v) is 3.39. The van der Waals surface area contributed by atoms with Crippen LogP contribution < -0.4 is 15.4 Å². The molecule has 0 bridgehead atoms. The number of hydrogen-bond donors (Lipinski definition) is 1. The van der Waals surface area contributed by atoms with Crippen LogP contribution in [0.1, 0.15) is 39.5 Å². The topological polar surface area (TPSA) is 77.2 Å². The zero-order valence-corrected chi connectivity index (χ0v) is 12.0. The zero-order valence-electron chi connectivity index (χ0n) is 12.0. The molecule has 1 aromatic heterocycles. The molecule has 0 radical (unpaired) electrons. The highest BCUT2D eigenvalue weighted by Crippen LogP contribution is 2.27. The van der Waals surface area contributed by atoms with Gasteiger partial charge < -0.3 is 15.4 Å². The minimum atomic E-state index is 0.216. The summed E-state index contributed by atoms with van der Waals surface area (Å²) in [5, 5.41) is 0. The maximum atomic E-state index is 5.73. The van der Waals surface area contributed by atoms with Crippen molar-refractivity contribution < 1.29 is 4.74 Å².